The molecule has 0 unspecified atom stereocenters. The molecule has 17 heavy (non-hydrogen) atoms. The van der Waals surface area contributed by atoms with Gasteiger partial charge in [-0.2, -0.15) is 5.21 Å². The number of amides is 2. The molecule has 1 fully saturated rings. The van der Waals surface area contributed by atoms with Gasteiger partial charge in [0.2, 0.25) is 0 Å². The number of rotatable bonds is 3. The highest BCUT2D eigenvalue weighted by Gasteiger charge is 2.29. The minimum Gasteiger partial charge on any atom is -0.365 e. The van der Waals surface area contributed by atoms with Crippen LogP contribution in [0.2, 0.25) is 0 Å². The Hall–Kier alpha value is -1.96. The van der Waals surface area contributed by atoms with Crippen LogP contribution in [0.5, 0.6) is 0 Å². The van der Waals surface area contributed by atoms with Crippen LogP contribution in [0.15, 0.2) is 0 Å². The van der Waals surface area contributed by atoms with Crippen molar-refractivity contribution in [1.29, 1.82) is 0 Å². The van der Waals surface area contributed by atoms with Gasteiger partial charge in [0.1, 0.15) is 6.10 Å². The van der Waals surface area contributed by atoms with E-state index in [1.54, 1.807) is 0 Å². The van der Waals surface area contributed by atoms with Crippen molar-refractivity contribution in [2.24, 2.45) is 5.73 Å². The highest BCUT2D eigenvalue weighted by molar-refractivity contribution is 6.01. The molecule has 1 saturated heterocycles. The number of primary amides is 1. The SMILES string of the molecule is C[C@H]1CC[C@H](C(=O)Nc2n[nH]nc2C(N)=O)O1. The molecule has 0 bridgehead atoms. The van der Waals surface area contributed by atoms with Gasteiger partial charge in [-0.15, -0.1) is 10.2 Å². The lowest BCUT2D eigenvalue weighted by atomic mass is 10.2. The number of anilines is 1. The van der Waals surface area contributed by atoms with E-state index in [2.05, 4.69) is 20.7 Å². The fourth-order valence-corrected chi connectivity index (χ4v) is 1.68. The molecule has 4 N–H and O–H groups in total. The van der Waals surface area contributed by atoms with Gasteiger partial charge in [-0.1, -0.05) is 0 Å². The number of nitrogens with one attached hydrogen (secondary N) is 2. The van der Waals surface area contributed by atoms with Gasteiger partial charge in [-0.3, -0.25) is 9.59 Å². The van der Waals surface area contributed by atoms with Crippen LogP contribution in [-0.4, -0.2) is 39.4 Å². The van der Waals surface area contributed by atoms with Crippen LogP contribution in [0.3, 0.4) is 0 Å². The smallest absolute Gasteiger partial charge is 0.273 e. The molecule has 8 heteroatoms. The number of aromatic nitrogens is 3. The van der Waals surface area contributed by atoms with Gasteiger partial charge in [0.25, 0.3) is 11.8 Å². The second-order valence-electron chi connectivity index (χ2n) is 3.89. The van der Waals surface area contributed by atoms with Crippen molar-refractivity contribution in [3.63, 3.8) is 0 Å². The fraction of sp³-hybridized carbons (Fsp3) is 0.556. The van der Waals surface area contributed by atoms with Crippen LogP contribution < -0.4 is 11.1 Å². The van der Waals surface area contributed by atoms with Gasteiger partial charge in [0.05, 0.1) is 6.10 Å². The molecule has 0 saturated carbocycles. The number of aromatic amines is 1. The summed E-state index contributed by atoms with van der Waals surface area (Å²) in [5, 5.41) is 11.9. The lowest BCUT2D eigenvalue weighted by molar-refractivity contribution is -0.126. The maximum atomic E-state index is 11.8. The Morgan fingerprint density at radius 1 is 1.47 bits per heavy atom. The normalized spacial score (nSPS) is 23.6. The van der Waals surface area contributed by atoms with Crippen LogP contribution >= 0.6 is 0 Å². The van der Waals surface area contributed by atoms with E-state index in [-0.39, 0.29) is 23.5 Å². The second-order valence-corrected chi connectivity index (χ2v) is 3.89. The van der Waals surface area contributed by atoms with Gasteiger partial charge in [0.15, 0.2) is 11.5 Å². The Labute approximate surface area is 96.9 Å². The van der Waals surface area contributed by atoms with Gasteiger partial charge < -0.3 is 15.8 Å². The number of hydrogen-bond donors (Lipinski definition) is 3. The lowest BCUT2D eigenvalue weighted by Crippen LogP contribution is -2.29. The average molecular weight is 239 g/mol. The highest BCUT2D eigenvalue weighted by atomic mass is 16.5. The third-order valence-corrected chi connectivity index (χ3v) is 2.55. The number of nitrogens with zero attached hydrogens (tertiary/aromatic N) is 2. The molecule has 2 rings (SSSR count). The molecular weight excluding hydrogens is 226 g/mol. The maximum Gasteiger partial charge on any atom is 0.273 e. The number of carbonyl (C=O) groups excluding carboxylic acids is 2. The Kier molecular flexibility index (Phi) is 3.05. The van der Waals surface area contributed by atoms with Crippen molar-refractivity contribution >= 4 is 17.6 Å². The van der Waals surface area contributed by atoms with Crippen molar-refractivity contribution in [1.82, 2.24) is 15.4 Å². The van der Waals surface area contributed by atoms with Crippen LogP contribution in [-0.2, 0) is 9.53 Å². The Morgan fingerprint density at radius 2 is 2.24 bits per heavy atom. The molecule has 92 valence electrons. The molecule has 1 aliphatic heterocycles. The van der Waals surface area contributed by atoms with Crippen molar-refractivity contribution in [2.75, 3.05) is 5.32 Å². The van der Waals surface area contributed by atoms with E-state index in [1.807, 2.05) is 6.92 Å². The summed E-state index contributed by atoms with van der Waals surface area (Å²) in [5.41, 5.74) is 4.97. The summed E-state index contributed by atoms with van der Waals surface area (Å²) in [6.45, 7) is 1.90. The molecule has 2 amide bonds. The number of H-pyrrole nitrogens is 1. The first-order valence-electron chi connectivity index (χ1n) is 5.25. The Balaban J connectivity index is 2.03. The number of nitrogens with two attached hydrogens (primary N) is 1. The van der Waals surface area contributed by atoms with E-state index in [0.717, 1.165) is 6.42 Å². The predicted octanol–water partition coefficient (Wildman–Crippen LogP) is -0.590. The summed E-state index contributed by atoms with van der Waals surface area (Å²) >= 11 is 0. The van der Waals surface area contributed by atoms with E-state index in [0.29, 0.717) is 6.42 Å². The minimum atomic E-state index is -0.755. The van der Waals surface area contributed by atoms with E-state index >= 15 is 0 Å². The molecule has 0 spiro atoms. The first-order chi connectivity index (χ1) is 8.08. The molecule has 1 aromatic rings. The zero-order chi connectivity index (χ0) is 12.4. The number of ether oxygens (including phenoxy) is 1. The Bertz CT molecular complexity index is 444. The quantitative estimate of drug-likeness (QED) is 0.650. The van der Waals surface area contributed by atoms with Crippen LogP contribution in [0.4, 0.5) is 5.82 Å². The molecule has 0 radical (unpaired) electrons. The van der Waals surface area contributed by atoms with Crippen molar-refractivity contribution in [3.05, 3.63) is 5.69 Å². The van der Waals surface area contributed by atoms with E-state index in [9.17, 15) is 9.59 Å². The van der Waals surface area contributed by atoms with Crippen LogP contribution in [0.25, 0.3) is 0 Å². The third kappa shape index (κ3) is 2.41. The number of hydrogen-bond acceptors (Lipinski definition) is 5. The molecule has 0 aromatic carbocycles. The standard InChI is InChI=1S/C9H13N5O3/c1-4-2-3-5(17-4)9(16)11-8-6(7(10)15)12-14-13-8/h4-5H,2-3H2,1H3,(H2,10,15)(H2,11,12,13,14,16)/t4-,5+/m0/s1. The van der Waals surface area contributed by atoms with Gasteiger partial charge in [-0.25, -0.2) is 0 Å². The van der Waals surface area contributed by atoms with Crippen LogP contribution in [0, 0.1) is 0 Å². The minimum absolute atomic E-state index is 0.0330. The van der Waals surface area contributed by atoms with E-state index < -0.39 is 12.0 Å². The summed E-state index contributed by atoms with van der Waals surface area (Å²) in [6.07, 6.45) is 1.04. The molecule has 2 atom stereocenters. The van der Waals surface area contributed by atoms with Crippen molar-refractivity contribution < 1.29 is 14.3 Å². The second kappa shape index (κ2) is 4.50. The van der Waals surface area contributed by atoms with E-state index in [4.69, 9.17) is 10.5 Å². The molecule has 1 aromatic heterocycles. The van der Waals surface area contributed by atoms with Gasteiger partial charge in [0, 0.05) is 0 Å². The van der Waals surface area contributed by atoms with Gasteiger partial charge in [-0.05, 0) is 19.8 Å². The molecular formula is C9H13N5O3. The summed E-state index contributed by atoms with van der Waals surface area (Å²) < 4.78 is 5.39. The third-order valence-electron chi connectivity index (χ3n) is 2.55. The largest absolute Gasteiger partial charge is 0.365 e. The van der Waals surface area contributed by atoms with Crippen LogP contribution in [0.1, 0.15) is 30.3 Å². The molecule has 1 aliphatic rings. The van der Waals surface area contributed by atoms with Crippen molar-refractivity contribution in [2.45, 2.75) is 32.0 Å². The zero-order valence-corrected chi connectivity index (χ0v) is 9.27. The fourth-order valence-electron chi connectivity index (χ4n) is 1.68. The Morgan fingerprint density at radius 3 is 2.82 bits per heavy atom. The average Bonchev–Trinajstić information content (AvgIpc) is 2.86. The summed E-state index contributed by atoms with van der Waals surface area (Å²) in [6, 6.07) is 0. The molecule has 2 heterocycles. The van der Waals surface area contributed by atoms with E-state index in [1.165, 1.54) is 0 Å². The highest BCUT2D eigenvalue weighted by Crippen LogP contribution is 2.20. The maximum absolute atomic E-state index is 11.8. The molecule has 0 aliphatic carbocycles. The summed E-state index contributed by atoms with van der Waals surface area (Å²) in [5.74, 6) is -1.06. The predicted molar refractivity (Wildman–Crippen MR) is 57.1 cm³/mol. The first-order valence-corrected chi connectivity index (χ1v) is 5.25. The molecule has 8 nitrogen and oxygen atoms in total. The van der Waals surface area contributed by atoms with Crippen molar-refractivity contribution in [3.8, 4) is 0 Å². The van der Waals surface area contributed by atoms with Gasteiger partial charge >= 0.3 is 0 Å². The topological polar surface area (TPSA) is 123 Å². The zero-order valence-electron chi connectivity index (χ0n) is 9.27. The first kappa shape index (κ1) is 11.5. The number of carbonyl (C=O) groups is 2. The lowest BCUT2D eigenvalue weighted by Gasteiger charge is -2.10. The monoisotopic (exact) mass is 239 g/mol. The summed E-state index contributed by atoms with van der Waals surface area (Å²) in [4.78, 5) is 22.7. The summed E-state index contributed by atoms with van der Waals surface area (Å²) in [7, 11) is 0.